The van der Waals surface area contributed by atoms with Crippen LogP contribution in [0.4, 0.5) is 5.82 Å². The maximum Gasteiger partial charge on any atom is 0.126 e. The van der Waals surface area contributed by atoms with Gasteiger partial charge in [0, 0.05) is 30.2 Å². The Morgan fingerprint density at radius 1 is 1.38 bits per heavy atom. The van der Waals surface area contributed by atoms with Crippen molar-refractivity contribution in [3.8, 4) is 0 Å². The second-order valence-corrected chi connectivity index (χ2v) is 4.72. The Bertz CT molecular complexity index is 465. The maximum absolute atomic E-state index is 4.42. The van der Waals surface area contributed by atoms with E-state index in [0.717, 1.165) is 24.5 Å². The van der Waals surface area contributed by atoms with Gasteiger partial charge in [-0.2, -0.15) is 0 Å². The second-order valence-electron chi connectivity index (χ2n) is 3.78. The van der Waals surface area contributed by atoms with E-state index in [-0.39, 0.29) is 0 Å². The lowest BCUT2D eigenvalue weighted by molar-refractivity contribution is 0.977. The summed E-state index contributed by atoms with van der Waals surface area (Å²) in [5, 5.41) is 6.56. The molecule has 0 unspecified atom stereocenters. The Hall–Kier alpha value is -1.42. The van der Waals surface area contributed by atoms with Gasteiger partial charge in [-0.15, -0.1) is 11.3 Å². The summed E-state index contributed by atoms with van der Waals surface area (Å²) in [6.45, 7) is 4.97. The molecule has 0 atom stereocenters. The van der Waals surface area contributed by atoms with Crippen molar-refractivity contribution in [1.29, 1.82) is 0 Å². The zero-order valence-electron chi connectivity index (χ0n) is 9.53. The zero-order chi connectivity index (χ0) is 11.4. The molecule has 84 valence electrons. The molecule has 16 heavy (non-hydrogen) atoms. The summed E-state index contributed by atoms with van der Waals surface area (Å²) in [7, 11) is 0. The van der Waals surface area contributed by atoms with E-state index >= 15 is 0 Å². The SMILES string of the molecule is Cc1ccnc(NCCc2nc(C)cs2)c1. The zero-order valence-corrected chi connectivity index (χ0v) is 10.3. The fourth-order valence-corrected chi connectivity index (χ4v) is 2.22. The molecule has 0 spiro atoms. The van der Waals surface area contributed by atoms with E-state index < -0.39 is 0 Å². The van der Waals surface area contributed by atoms with Gasteiger partial charge in [0.1, 0.15) is 5.82 Å². The third kappa shape index (κ3) is 3.03. The van der Waals surface area contributed by atoms with Crippen molar-refractivity contribution in [2.75, 3.05) is 11.9 Å². The summed E-state index contributed by atoms with van der Waals surface area (Å²) in [6.07, 6.45) is 2.78. The topological polar surface area (TPSA) is 37.8 Å². The molecule has 0 saturated heterocycles. The first-order valence-corrected chi connectivity index (χ1v) is 6.19. The minimum atomic E-state index is 0.878. The van der Waals surface area contributed by atoms with Crippen LogP contribution in [0.2, 0.25) is 0 Å². The van der Waals surface area contributed by atoms with Crippen molar-refractivity contribution in [3.05, 3.63) is 40.0 Å². The number of nitrogens with zero attached hydrogens (tertiary/aromatic N) is 2. The molecule has 2 heterocycles. The number of hydrogen-bond acceptors (Lipinski definition) is 4. The monoisotopic (exact) mass is 233 g/mol. The Morgan fingerprint density at radius 3 is 2.94 bits per heavy atom. The van der Waals surface area contributed by atoms with Crippen molar-refractivity contribution >= 4 is 17.2 Å². The normalized spacial score (nSPS) is 10.4. The standard InChI is InChI=1S/C12H15N3S/c1-9-3-5-13-11(7-9)14-6-4-12-15-10(2)8-16-12/h3,5,7-8H,4,6H2,1-2H3,(H,13,14). The molecule has 3 nitrogen and oxygen atoms in total. The molecular formula is C12H15N3S. The van der Waals surface area contributed by atoms with E-state index in [1.165, 1.54) is 10.6 Å². The molecule has 0 amide bonds. The summed E-state index contributed by atoms with van der Waals surface area (Å²) < 4.78 is 0. The molecule has 2 aromatic rings. The van der Waals surface area contributed by atoms with Gasteiger partial charge in [0.15, 0.2) is 0 Å². The van der Waals surface area contributed by atoms with Gasteiger partial charge in [0.25, 0.3) is 0 Å². The number of rotatable bonds is 4. The molecular weight excluding hydrogens is 218 g/mol. The lowest BCUT2D eigenvalue weighted by atomic mass is 10.3. The van der Waals surface area contributed by atoms with Crippen LogP contribution in [-0.4, -0.2) is 16.5 Å². The summed E-state index contributed by atoms with van der Waals surface area (Å²) in [6, 6.07) is 4.04. The molecule has 0 fully saturated rings. The summed E-state index contributed by atoms with van der Waals surface area (Å²) in [5.41, 5.74) is 2.33. The van der Waals surface area contributed by atoms with Crippen LogP contribution < -0.4 is 5.32 Å². The smallest absolute Gasteiger partial charge is 0.126 e. The van der Waals surface area contributed by atoms with Crippen LogP contribution in [0.25, 0.3) is 0 Å². The predicted octanol–water partition coefficient (Wildman–Crippen LogP) is 2.81. The number of pyridine rings is 1. The highest BCUT2D eigenvalue weighted by molar-refractivity contribution is 7.09. The maximum atomic E-state index is 4.42. The highest BCUT2D eigenvalue weighted by Crippen LogP contribution is 2.10. The highest BCUT2D eigenvalue weighted by Gasteiger charge is 1.99. The number of aromatic nitrogens is 2. The van der Waals surface area contributed by atoms with Crippen molar-refractivity contribution < 1.29 is 0 Å². The largest absolute Gasteiger partial charge is 0.370 e. The van der Waals surface area contributed by atoms with Crippen LogP contribution >= 0.6 is 11.3 Å². The molecule has 0 aliphatic carbocycles. The van der Waals surface area contributed by atoms with Crippen LogP contribution in [0.5, 0.6) is 0 Å². The average molecular weight is 233 g/mol. The van der Waals surface area contributed by atoms with Gasteiger partial charge in [-0.05, 0) is 31.5 Å². The minimum absolute atomic E-state index is 0.878. The van der Waals surface area contributed by atoms with Crippen LogP contribution in [0.3, 0.4) is 0 Å². The van der Waals surface area contributed by atoms with Crippen molar-refractivity contribution in [2.24, 2.45) is 0 Å². The Kier molecular flexibility index (Phi) is 3.51. The Balaban J connectivity index is 1.84. The molecule has 0 aliphatic heterocycles. The van der Waals surface area contributed by atoms with E-state index in [4.69, 9.17) is 0 Å². The van der Waals surface area contributed by atoms with Gasteiger partial charge in [0.2, 0.25) is 0 Å². The van der Waals surface area contributed by atoms with Crippen LogP contribution in [0, 0.1) is 13.8 Å². The molecule has 0 radical (unpaired) electrons. The number of thiazole rings is 1. The fourth-order valence-electron chi connectivity index (χ4n) is 1.45. The molecule has 0 bridgehead atoms. The number of anilines is 1. The van der Waals surface area contributed by atoms with Crippen LogP contribution in [-0.2, 0) is 6.42 Å². The second kappa shape index (κ2) is 5.07. The van der Waals surface area contributed by atoms with Gasteiger partial charge in [-0.25, -0.2) is 9.97 Å². The summed E-state index contributed by atoms with van der Waals surface area (Å²) in [5.74, 6) is 0.938. The van der Waals surface area contributed by atoms with Crippen LogP contribution in [0.1, 0.15) is 16.3 Å². The van der Waals surface area contributed by atoms with Crippen molar-refractivity contribution in [1.82, 2.24) is 9.97 Å². The molecule has 0 aliphatic rings. The van der Waals surface area contributed by atoms with E-state index in [0.29, 0.717) is 0 Å². The molecule has 2 aromatic heterocycles. The minimum Gasteiger partial charge on any atom is -0.370 e. The Morgan fingerprint density at radius 2 is 2.25 bits per heavy atom. The quantitative estimate of drug-likeness (QED) is 0.882. The average Bonchev–Trinajstić information content (AvgIpc) is 2.64. The number of nitrogens with one attached hydrogen (secondary N) is 1. The highest BCUT2D eigenvalue weighted by atomic mass is 32.1. The first-order valence-electron chi connectivity index (χ1n) is 5.31. The molecule has 4 heteroatoms. The van der Waals surface area contributed by atoms with Gasteiger partial charge in [0.05, 0.1) is 5.01 Å². The van der Waals surface area contributed by atoms with E-state index in [1.807, 2.05) is 25.3 Å². The molecule has 0 saturated carbocycles. The number of hydrogen-bond donors (Lipinski definition) is 1. The van der Waals surface area contributed by atoms with Gasteiger partial charge in [-0.3, -0.25) is 0 Å². The molecule has 1 N–H and O–H groups in total. The number of aryl methyl sites for hydroxylation is 2. The van der Waals surface area contributed by atoms with Gasteiger partial charge < -0.3 is 5.32 Å². The lowest BCUT2D eigenvalue weighted by Crippen LogP contribution is -2.06. The van der Waals surface area contributed by atoms with Gasteiger partial charge >= 0.3 is 0 Å². The van der Waals surface area contributed by atoms with Crippen LogP contribution in [0.15, 0.2) is 23.7 Å². The van der Waals surface area contributed by atoms with E-state index in [9.17, 15) is 0 Å². The summed E-state index contributed by atoms with van der Waals surface area (Å²) in [4.78, 5) is 8.67. The summed E-state index contributed by atoms with van der Waals surface area (Å²) >= 11 is 1.72. The van der Waals surface area contributed by atoms with E-state index in [1.54, 1.807) is 11.3 Å². The Labute approximate surface area is 99.6 Å². The first kappa shape index (κ1) is 11.1. The lowest BCUT2D eigenvalue weighted by Gasteiger charge is -2.04. The third-order valence-corrected chi connectivity index (χ3v) is 3.25. The van der Waals surface area contributed by atoms with E-state index in [2.05, 4.69) is 27.6 Å². The first-order chi connectivity index (χ1) is 7.74. The third-order valence-electron chi connectivity index (χ3n) is 2.23. The predicted molar refractivity (Wildman–Crippen MR) is 68.0 cm³/mol. The fraction of sp³-hybridized carbons (Fsp3) is 0.333. The van der Waals surface area contributed by atoms with Crippen molar-refractivity contribution in [3.63, 3.8) is 0 Å². The molecule has 0 aromatic carbocycles. The van der Waals surface area contributed by atoms with Gasteiger partial charge in [-0.1, -0.05) is 0 Å². The molecule has 2 rings (SSSR count). The van der Waals surface area contributed by atoms with Crippen molar-refractivity contribution in [2.45, 2.75) is 20.3 Å².